The van der Waals surface area contributed by atoms with Crippen molar-refractivity contribution in [1.82, 2.24) is 35.2 Å². The number of aromatic nitrogens is 3. The second-order valence-corrected chi connectivity index (χ2v) is 7.58. The summed E-state index contributed by atoms with van der Waals surface area (Å²) >= 11 is 0. The lowest BCUT2D eigenvalue weighted by atomic mass is 10.2. The van der Waals surface area contributed by atoms with Gasteiger partial charge in [0.25, 0.3) is 0 Å². The molecule has 1 fully saturated rings. The van der Waals surface area contributed by atoms with Crippen molar-refractivity contribution >= 4 is 29.9 Å². The van der Waals surface area contributed by atoms with Crippen molar-refractivity contribution in [2.75, 3.05) is 52.4 Å². The Balaban J connectivity index is 0.00000341. The van der Waals surface area contributed by atoms with Crippen LogP contribution in [-0.4, -0.2) is 82.9 Å². The van der Waals surface area contributed by atoms with Crippen LogP contribution in [0.15, 0.2) is 41.7 Å². The Kier molecular flexibility index (Phi) is 11.8. The van der Waals surface area contributed by atoms with Gasteiger partial charge in [0.2, 0.25) is 0 Å². The average molecular weight is 540 g/mol. The maximum absolute atomic E-state index is 4.75. The lowest BCUT2D eigenvalue weighted by Crippen LogP contribution is -2.46. The molecule has 172 valence electrons. The van der Waals surface area contributed by atoms with Crippen molar-refractivity contribution < 1.29 is 0 Å². The van der Waals surface area contributed by atoms with Crippen LogP contribution in [0.3, 0.4) is 0 Å². The molecule has 0 aliphatic carbocycles. The van der Waals surface area contributed by atoms with Crippen LogP contribution in [0, 0.1) is 0 Å². The minimum absolute atomic E-state index is 0. The highest BCUT2D eigenvalue weighted by atomic mass is 127. The molecule has 0 unspecified atom stereocenters. The lowest BCUT2D eigenvalue weighted by Gasteiger charge is -2.34. The first-order chi connectivity index (χ1) is 14.8. The van der Waals surface area contributed by atoms with Gasteiger partial charge in [0, 0.05) is 65.3 Å². The number of halogens is 1. The standard InChI is InChI=1S/C22H36N8.HI/c1-3-21-27-26-19-30(21)13-11-25-22(23-4-2)24-10-12-28-14-16-29(17-15-28)18-20-8-6-5-7-9-20;/h5-9,19H,3-4,10-18H2,1-2H3,(H2,23,24,25);1H. The third-order valence-electron chi connectivity index (χ3n) is 5.40. The molecule has 2 N–H and O–H groups in total. The minimum Gasteiger partial charge on any atom is -0.357 e. The van der Waals surface area contributed by atoms with Crippen LogP contribution in [0.25, 0.3) is 0 Å². The van der Waals surface area contributed by atoms with Gasteiger partial charge in [0.1, 0.15) is 12.2 Å². The number of nitrogens with zero attached hydrogens (tertiary/aromatic N) is 6. The van der Waals surface area contributed by atoms with Crippen LogP contribution < -0.4 is 10.6 Å². The number of aliphatic imine (C=N–C) groups is 1. The van der Waals surface area contributed by atoms with E-state index in [9.17, 15) is 0 Å². The average Bonchev–Trinajstić information content (AvgIpc) is 3.23. The summed E-state index contributed by atoms with van der Waals surface area (Å²) in [5, 5.41) is 14.9. The maximum atomic E-state index is 4.75. The topological polar surface area (TPSA) is 73.6 Å². The normalized spacial score (nSPS) is 15.5. The van der Waals surface area contributed by atoms with Gasteiger partial charge in [-0.2, -0.15) is 0 Å². The second kappa shape index (κ2) is 14.4. The number of hydrogen-bond acceptors (Lipinski definition) is 5. The van der Waals surface area contributed by atoms with Gasteiger partial charge in [-0.15, -0.1) is 34.2 Å². The molecule has 1 saturated heterocycles. The Hall–Kier alpha value is -1.72. The van der Waals surface area contributed by atoms with Crippen LogP contribution in [0.5, 0.6) is 0 Å². The number of guanidine groups is 1. The van der Waals surface area contributed by atoms with E-state index in [2.05, 4.69) is 79.4 Å². The highest BCUT2D eigenvalue weighted by Crippen LogP contribution is 2.08. The molecule has 0 bridgehead atoms. The quantitative estimate of drug-likeness (QED) is 0.272. The molecule has 0 saturated carbocycles. The molecule has 0 atom stereocenters. The highest BCUT2D eigenvalue weighted by Gasteiger charge is 2.16. The lowest BCUT2D eigenvalue weighted by molar-refractivity contribution is 0.130. The van der Waals surface area contributed by atoms with Crippen LogP contribution in [0.4, 0.5) is 0 Å². The summed E-state index contributed by atoms with van der Waals surface area (Å²) in [4.78, 5) is 9.81. The molecule has 31 heavy (non-hydrogen) atoms. The third-order valence-corrected chi connectivity index (χ3v) is 5.40. The Morgan fingerprint density at radius 3 is 2.45 bits per heavy atom. The van der Waals surface area contributed by atoms with Crippen molar-refractivity contribution in [3.05, 3.63) is 48.0 Å². The van der Waals surface area contributed by atoms with Crippen LogP contribution in [-0.2, 0) is 19.5 Å². The van der Waals surface area contributed by atoms with Crippen LogP contribution in [0.2, 0.25) is 0 Å². The Bertz CT molecular complexity index is 756. The van der Waals surface area contributed by atoms with Crippen molar-refractivity contribution in [2.45, 2.75) is 33.4 Å². The molecule has 9 heteroatoms. The van der Waals surface area contributed by atoms with E-state index in [-0.39, 0.29) is 24.0 Å². The largest absolute Gasteiger partial charge is 0.357 e. The van der Waals surface area contributed by atoms with E-state index >= 15 is 0 Å². The second-order valence-electron chi connectivity index (χ2n) is 7.58. The highest BCUT2D eigenvalue weighted by molar-refractivity contribution is 14.0. The zero-order valence-corrected chi connectivity index (χ0v) is 21.2. The molecule has 1 aromatic carbocycles. The number of benzene rings is 1. The molecule has 2 aromatic rings. The SMILES string of the molecule is CCNC(=NCCN1CCN(Cc2ccccc2)CC1)NCCn1cnnc1CC.I. The molecule has 2 heterocycles. The molecular weight excluding hydrogens is 503 g/mol. The van der Waals surface area contributed by atoms with Gasteiger partial charge in [-0.25, -0.2) is 0 Å². The van der Waals surface area contributed by atoms with Gasteiger partial charge >= 0.3 is 0 Å². The number of aryl methyl sites for hydroxylation is 1. The Labute approximate surface area is 203 Å². The molecule has 8 nitrogen and oxygen atoms in total. The van der Waals surface area contributed by atoms with E-state index in [0.717, 1.165) is 83.7 Å². The predicted molar refractivity (Wildman–Crippen MR) is 137 cm³/mol. The summed E-state index contributed by atoms with van der Waals surface area (Å²) in [5.74, 6) is 1.90. The molecular formula is C22H37IN8. The fourth-order valence-corrected chi connectivity index (χ4v) is 3.69. The first-order valence-corrected chi connectivity index (χ1v) is 11.2. The van der Waals surface area contributed by atoms with E-state index in [1.807, 2.05) is 0 Å². The zero-order valence-electron chi connectivity index (χ0n) is 18.8. The summed E-state index contributed by atoms with van der Waals surface area (Å²) in [5.41, 5.74) is 1.40. The van der Waals surface area contributed by atoms with E-state index in [1.165, 1.54) is 5.56 Å². The maximum Gasteiger partial charge on any atom is 0.191 e. The molecule has 0 amide bonds. The van der Waals surface area contributed by atoms with E-state index in [0.29, 0.717) is 0 Å². The molecule has 3 rings (SSSR count). The molecule has 1 aliphatic rings. The Morgan fingerprint density at radius 2 is 1.74 bits per heavy atom. The van der Waals surface area contributed by atoms with Crippen molar-refractivity contribution in [1.29, 1.82) is 0 Å². The van der Waals surface area contributed by atoms with Gasteiger partial charge in [0.05, 0.1) is 6.54 Å². The van der Waals surface area contributed by atoms with Gasteiger partial charge in [-0.3, -0.25) is 14.8 Å². The van der Waals surface area contributed by atoms with E-state index in [1.54, 1.807) is 6.33 Å². The number of rotatable bonds is 10. The minimum atomic E-state index is 0. The molecule has 1 aromatic heterocycles. The summed E-state index contributed by atoms with van der Waals surface area (Å²) in [6.45, 7) is 14.0. The number of hydrogen-bond donors (Lipinski definition) is 2. The van der Waals surface area contributed by atoms with Crippen molar-refractivity contribution in [2.24, 2.45) is 4.99 Å². The molecule has 0 spiro atoms. The first-order valence-electron chi connectivity index (χ1n) is 11.2. The first kappa shape index (κ1) is 25.5. The predicted octanol–water partition coefficient (Wildman–Crippen LogP) is 1.83. The third kappa shape index (κ3) is 8.74. The van der Waals surface area contributed by atoms with Gasteiger partial charge in [-0.1, -0.05) is 37.3 Å². The van der Waals surface area contributed by atoms with Crippen molar-refractivity contribution in [3.63, 3.8) is 0 Å². The summed E-state index contributed by atoms with van der Waals surface area (Å²) in [6.07, 6.45) is 2.69. The van der Waals surface area contributed by atoms with Crippen molar-refractivity contribution in [3.8, 4) is 0 Å². The summed E-state index contributed by atoms with van der Waals surface area (Å²) in [7, 11) is 0. The van der Waals surface area contributed by atoms with Crippen LogP contribution >= 0.6 is 24.0 Å². The summed E-state index contributed by atoms with van der Waals surface area (Å²) in [6, 6.07) is 10.7. The number of piperazine rings is 1. The summed E-state index contributed by atoms with van der Waals surface area (Å²) < 4.78 is 2.09. The molecule has 1 aliphatic heterocycles. The Morgan fingerprint density at radius 1 is 1.00 bits per heavy atom. The number of nitrogens with one attached hydrogen (secondary N) is 2. The smallest absolute Gasteiger partial charge is 0.191 e. The van der Waals surface area contributed by atoms with E-state index in [4.69, 9.17) is 4.99 Å². The van der Waals surface area contributed by atoms with Crippen LogP contribution in [0.1, 0.15) is 25.2 Å². The van der Waals surface area contributed by atoms with Gasteiger partial charge < -0.3 is 15.2 Å². The van der Waals surface area contributed by atoms with Gasteiger partial charge in [-0.05, 0) is 12.5 Å². The monoisotopic (exact) mass is 540 g/mol. The molecule has 0 radical (unpaired) electrons. The zero-order chi connectivity index (χ0) is 21.0. The van der Waals surface area contributed by atoms with Gasteiger partial charge in [0.15, 0.2) is 5.96 Å². The fraction of sp³-hybridized carbons (Fsp3) is 0.591. The fourth-order valence-electron chi connectivity index (χ4n) is 3.69. The van der Waals surface area contributed by atoms with E-state index < -0.39 is 0 Å².